The van der Waals surface area contributed by atoms with Crippen LogP contribution >= 0.6 is 15.9 Å². The number of hydrogen-bond acceptors (Lipinski definition) is 2. The minimum atomic E-state index is -0.403. The van der Waals surface area contributed by atoms with E-state index in [1.54, 1.807) is 6.08 Å². The maximum atomic E-state index is 12.8. The van der Waals surface area contributed by atoms with Crippen LogP contribution in [-0.4, -0.2) is 21.4 Å². The van der Waals surface area contributed by atoms with Crippen LogP contribution in [0.3, 0.4) is 0 Å². The summed E-state index contributed by atoms with van der Waals surface area (Å²) in [5, 5.41) is 2.69. The predicted molar refractivity (Wildman–Crippen MR) is 112 cm³/mol. The Morgan fingerprint density at radius 3 is 2.57 bits per heavy atom. The third kappa shape index (κ3) is 3.64. The van der Waals surface area contributed by atoms with Crippen molar-refractivity contribution in [2.45, 2.75) is 13.5 Å². The third-order valence-corrected chi connectivity index (χ3v) is 5.09. The second-order valence-corrected chi connectivity index (χ2v) is 7.56. The molecule has 0 spiro atoms. The molecule has 28 heavy (non-hydrogen) atoms. The van der Waals surface area contributed by atoms with Crippen LogP contribution in [0.25, 0.3) is 11.8 Å². The Morgan fingerprint density at radius 1 is 1.04 bits per heavy atom. The van der Waals surface area contributed by atoms with Crippen LogP contribution < -0.4 is 5.32 Å². The summed E-state index contributed by atoms with van der Waals surface area (Å²) in [6.07, 6.45) is 3.62. The number of imide groups is 1. The number of hydrogen-bond donors (Lipinski definition) is 1. The number of aryl methyl sites for hydroxylation is 1. The lowest BCUT2D eigenvalue weighted by Crippen LogP contribution is -2.30. The molecule has 0 atom stereocenters. The zero-order valence-corrected chi connectivity index (χ0v) is 16.8. The zero-order valence-electron chi connectivity index (χ0n) is 15.2. The van der Waals surface area contributed by atoms with Gasteiger partial charge in [-0.2, -0.15) is 0 Å². The summed E-state index contributed by atoms with van der Waals surface area (Å²) in [7, 11) is 0. The number of urea groups is 1. The summed E-state index contributed by atoms with van der Waals surface area (Å²) in [6.45, 7) is 2.23. The van der Waals surface area contributed by atoms with Gasteiger partial charge in [-0.15, -0.1) is 0 Å². The van der Waals surface area contributed by atoms with Gasteiger partial charge in [0.1, 0.15) is 5.70 Å². The minimum Gasteiger partial charge on any atom is -0.317 e. The predicted octanol–water partition coefficient (Wildman–Crippen LogP) is 4.64. The largest absolute Gasteiger partial charge is 0.329 e. The van der Waals surface area contributed by atoms with Crippen molar-refractivity contribution in [3.63, 3.8) is 0 Å². The zero-order chi connectivity index (χ0) is 19.7. The highest BCUT2D eigenvalue weighted by Gasteiger charge is 2.33. The molecule has 0 bridgehead atoms. The monoisotopic (exact) mass is 435 g/mol. The normalized spacial score (nSPS) is 15.4. The standard InChI is InChI=1S/C22H18BrN3O2/c1-15-4-2-5-16(12-15)14-26-21(27)20(24-22(26)28)13-19-6-3-11-25(19)18-9-7-17(23)8-10-18/h2-13H,14H2,1H3,(H,24,28)/b20-13+. The molecule has 0 unspecified atom stereocenters. The van der Waals surface area contributed by atoms with E-state index in [1.165, 1.54) is 4.90 Å². The maximum Gasteiger partial charge on any atom is 0.329 e. The van der Waals surface area contributed by atoms with E-state index < -0.39 is 6.03 Å². The fraction of sp³-hybridized carbons (Fsp3) is 0.0909. The SMILES string of the molecule is Cc1cccc(CN2C(=O)N/C(=C/c3cccn3-c3ccc(Br)cc3)C2=O)c1. The average molecular weight is 436 g/mol. The average Bonchev–Trinajstić information content (AvgIpc) is 3.23. The van der Waals surface area contributed by atoms with Gasteiger partial charge in [-0.25, -0.2) is 4.79 Å². The summed E-state index contributed by atoms with van der Waals surface area (Å²) < 4.78 is 2.95. The summed E-state index contributed by atoms with van der Waals surface area (Å²) in [6, 6.07) is 19.1. The van der Waals surface area contributed by atoms with E-state index in [2.05, 4.69) is 21.2 Å². The molecule has 1 aliphatic rings. The van der Waals surface area contributed by atoms with Gasteiger partial charge >= 0.3 is 6.03 Å². The van der Waals surface area contributed by atoms with E-state index in [0.717, 1.165) is 27.0 Å². The topological polar surface area (TPSA) is 54.3 Å². The summed E-state index contributed by atoms with van der Waals surface area (Å²) in [4.78, 5) is 26.4. The summed E-state index contributed by atoms with van der Waals surface area (Å²) >= 11 is 3.43. The fourth-order valence-electron chi connectivity index (χ4n) is 3.20. The molecule has 1 saturated heterocycles. The first-order valence-electron chi connectivity index (χ1n) is 8.85. The number of carbonyl (C=O) groups is 2. The quantitative estimate of drug-likeness (QED) is 0.479. The molecule has 5 nitrogen and oxygen atoms in total. The summed E-state index contributed by atoms with van der Waals surface area (Å²) in [5.74, 6) is -0.324. The van der Waals surface area contributed by atoms with Gasteiger partial charge in [-0.1, -0.05) is 45.8 Å². The number of nitrogens with zero attached hydrogens (tertiary/aromatic N) is 2. The van der Waals surface area contributed by atoms with E-state index in [0.29, 0.717) is 0 Å². The van der Waals surface area contributed by atoms with Crippen molar-refractivity contribution in [2.75, 3.05) is 0 Å². The highest BCUT2D eigenvalue weighted by Crippen LogP contribution is 2.21. The highest BCUT2D eigenvalue weighted by molar-refractivity contribution is 9.10. The fourth-order valence-corrected chi connectivity index (χ4v) is 3.47. The molecule has 1 aliphatic heterocycles. The number of amides is 3. The Bertz CT molecular complexity index is 1080. The van der Waals surface area contributed by atoms with E-state index in [-0.39, 0.29) is 18.1 Å². The van der Waals surface area contributed by atoms with Crippen molar-refractivity contribution in [3.8, 4) is 5.69 Å². The second-order valence-electron chi connectivity index (χ2n) is 6.65. The van der Waals surface area contributed by atoms with Gasteiger partial charge in [0.2, 0.25) is 0 Å². The van der Waals surface area contributed by atoms with Crippen molar-refractivity contribution in [1.82, 2.24) is 14.8 Å². The van der Waals surface area contributed by atoms with Crippen LogP contribution in [0.4, 0.5) is 4.79 Å². The van der Waals surface area contributed by atoms with E-state index in [4.69, 9.17) is 0 Å². The van der Waals surface area contributed by atoms with Gasteiger partial charge in [0.05, 0.1) is 6.54 Å². The number of halogens is 1. The molecule has 6 heteroatoms. The van der Waals surface area contributed by atoms with Crippen molar-refractivity contribution in [3.05, 3.63) is 93.9 Å². The lowest BCUT2D eigenvalue weighted by molar-refractivity contribution is -0.123. The lowest BCUT2D eigenvalue weighted by atomic mass is 10.1. The van der Waals surface area contributed by atoms with Crippen LogP contribution in [-0.2, 0) is 11.3 Å². The molecule has 2 aromatic carbocycles. The molecule has 0 saturated carbocycles. The molecule has 4 rings (SSSR count). The van der Waals surface area contributed by atoms with Gasteiger partial charge < -0.3 is 9.88 Å². The van der Waals surface area contributed by atoms with Gasteiger partial charge in [-0.05, 0) is 55.0 Å². The summed E-state index contributed by atoms with van der Waals surface area (Å²) in [5.41, 5.74) is 4.06. The van der Waals surface area contributed by atoms with Crippen LogP contribution in [0, 0.1) is 6.92 Å². The van der Waals surface area contributed by atoms with Crippen molar-refractivity contribution < 1.29 is 9.59 Å². The number of carbonyl (C=O) groups excluding carboxylic acids is 2. The van der Waals surface area contributed by atoms with Crippen molar-refractivity contribution in [2.24, 2.45) is 0 Å². The molecule has 1 fully saturated rings. The van der Waals surface area contributed by atoms with Crippen LogP contribution in [0.2, 0.25) is 0 Å². The van der Waals surface area contributed by atoms with Gasteiger partial charge in [0.15, 0.2) is 0 Å². The Balaban J connectivity index is 1.60. The van der Waals surface area contributed by atoms with Gasteiger partial charge in [0, 0.05) is 22.1 Å². The smallest absolute Gasteiger partial charge is 0.317 e. The van der Waals surface area contributed by atoms with Crippen LogP contribution in [0.15, 0.2) is 77.0 Å². The molecule has 3 aromatic rings. The first-order chi connectivity index (χ1) is 13.5. The molecular formula is C22H18BrN3O2. The minimum absolute atomic E-state index is 0.247. The highest BCUT2D eigenvalue weighted by atomic mass is 79.9. The Labute approximate surface area is 171 Å². The number of nitrogens with one attached hydrogen (secondary N) is 1. The molecule has 3 amide bonds. The number of rotatable bonds is 4. The van der Waals surface area contributed by atoms with Crippen LogP contribution in [0.5, 0.6) is 0 Å². The van der Waals surface area contributed by atoms with Gasteiger partial charge in [-0.3, -0.25) is 9.69 Å². The molecule has 2 heterocycles. The van der Waals surface area contributed by atoms with E-state index in [1.807, 2.05) is 78.4 Å². The first kappa shape index (κ1) is 18.3. The Morgan fingerprint density at radius 2 is 1.82 bits per heavy atom. The van der Waals surface area contributed by atoms with Gasteiger partial charge in [0.25, 0.3) is 5.91 Å². The van der Waals surface area contributed by atoms with Crippen LogP contribution in [0.1, 0.15) is 16.8 Å². The number of benzene rings is 2. The third-order valence-electron chi connectivity index (χ3n) is 4.56. The molecule has 0 radical (unpaired) electrons. The molecule has 0 aliphatic carbocycles. The molecule has 1 aromatic heterocycles. The molecule has 1 N–H and O–H groups in total. The maximum absolute atomic E-state index is 12.8. The lowest BCUT2D eigenvalue weighted by Gasteiger charge is -2.12. The Hall–Kier alpha value is -3.12. The molecular weight excluding hydrogens is 418 g/mol. The van der Waals surface area contributed by atoms with E-state index in [9.17, 15) is 9.59 Å². The Kier molecular flexibility index (Phi) is 4.88. The number of aromatic nitrogens is 1. The van der Waals surface area contributed by atoms with Crippen molar-refractivity contribution in [1.29, 1.82) is 0 Å². The second kappa shape index (κ2) is 7.48. The first-order valence-corrected chi connectivity index (χ1v) is 9.64. The van der Waals surface area contributed by atoms with E-state index >= 15 is 0 Å². The van der Waals surface area contributed by atoms with Crippen molar-refractivity contribution >= 4 is 33.9 Å². The molecule has 140 valence electrons.